The molecule has 0 aliphatic rings. The molecule has 0 aliphatic carbocycles. The molecule has 0 aromatic carbocycles. The van der Waals surface area contributed by atoms with E-state index in [1.165, 1.54) is 4.88 Å². The number of rotatable bonds is 1. The van der Waals surface area contributed by atoms with Crippen molar-refractivity contribution >= 4 is 54.8 Å². The van der Waals surface area contributed by atoms with Gasteiger partial charge in [0.15, 0.2) is 0 Å². The van der Waals surface area contributed by atoms with Gasteiger partial charge in [0.2, 0.25) is 0 Å². The molecule has 50 valence electrons. The fraction of sp³-hybridized carbons (Fsp3) is 0.200. The van der Waals surface area contributed by atoms with E-state index in [4.69, 9.17) is 11.6 Å². The fourth-order valence-electron chi connectivity index (χ4n) is 0.446. The van der Waals surface area contributed by atoms with Crippen LogP contribution < -0.4 is 0 Å². The first-order valence-electron chi connectivity index (χ1n) is 2.23. The van der Waals surface area contributed by atoms with Crippen molar-refractivity contribution in [2.45, 2.75) is 3.74 Å². The van der Waals surface area contributed by atoms with Crippen molar-refractivity contribution in [2.24, 2.45) is 0 Å². The SMILES string of the molecule is Clc1ccc(C(Br)Br)s1. The highest BCUT2D eigenvalue weighted by atomic mass is 79.9. The second kappa shape index (κ2) is 3.37. The number of hydrogen-bond donors (Lipinski definition) is 0. The van der Waals surface area contributed by atoms with Crippen LogP contribution in [0.1, 0.15) is 8.61 Å². The molecule has 0 saturated heterocycles. The minimum Gasteiger partial charge on any atom is -0.126 e. The summed E-state index contributed by atoms with van der Waals surface area (Å²) in [7, 11) is 0. The Balaban J connectivity index is 2.85. The number of alkyl halides is 2. The van der Waals surface area contributed by atoms with Gasteiger partial charge in [0.05, 0.1) is 4.34 Å². The third-order valence-electron chi connectivity index (χ3n) is 0.809. The molecule has 0 fully saturated rings. The van der Waals surface area contributed by atoms with E-state index in [-0.39, 0.29) is 3.74 Å². The van der Waals surface area contributed by atoms with Crippen molar-refractivity contribution in [1.29, 1.82) is 0 Å². The number of thiophene rings is 1. The van der Waals surface area contributed by atoms with Gasteiger partial charge < -0.3 is 0 Å². The van der Waals surface area contributed by atoms with Crippen LogP contribution in [0, 0.1) is 0 Å². The molecule has 0 nitrogen and oxygen atoms in total. The Morgan fingerprint density at radius 1 is 1.44 bits per heavy atom. The van der Waals surface area contributed by atoms with E-state index in [2.05, 4.69) is 31.9 Å². The predicted octanol–water partition coefficient (Wildman–Crippen LogP) is 4.19. The summed E-state index contributed by atoms with van der Waals surface area (Å²) >= 11 is 14.0. The first kappa shape index (κ1) is 8.05. The molecule has 1 heterocycles. The largest absolute Gasteiger partial charge is 0.126 e. The highest BCUT2D eigenvalue weighted by Crippen LogP contribution is 2.35. The molecule has 0 unspecified atom stereocenters. The zero-order valence-corrected chi connectivity index (χ0v) is 9.02. The Hall–Kier alpha value is 0.950. The smallest absolute Gasteiger partial charge is 0.104 e. The second-order valence-electron chi connectivity index (χ2n) is 1.44. The molecular formula is C5H3Br2ClS. The van der Waals surface area contributed by atoms with Crippen LogP contribution >= 0.6 is 54.8 Å². The summed E-state index contributed by atoms with van der Waals surface area (Å²) in [5.41, 5.74) is 0. The zero-order valence-electron chi connectivity index (χ0n) is 4.27. The Kier molecular flexibility index (Phi) is 3.02. The van der Waals surface area contributed by atoms with Crippen molar-refractivity contribution in [3.05, 3.63) is 21.3 Å². The van der Waals surface area contributed by atoms with Crippen LogP contribution in [0.15, 0.2) is 12.1 Å². The molecule has 0 bridgehead atoms. The maximum atomic E-state index is 5.68. The minimum atomic E-state index is 0.238. The summed E-state index contributed by atoms with van der Waals surface area (Å²) in [6.07, 6.45) is 0. The number of hydrogen-bond acceptors (Lipinski definition) is 1. The molecule has 1 aromatic rings. The molecule has 0 amide bonds. The van der Waals surface area contributed by atoms with Gasteiger partial charge in [0, 0.05) is 4.88 Å². The van der Waals surface area contributed by atoms with Gasteiger partial charge in [-0.3, -0.25) is 0 Å². The summed E-state index contributed by atoms with van der Waals surface area (Å²) in [6.45, 7) is 0. The topological polar surface area (TPSA) is 0 Å². The molecule has 0 radical (unpaired) electrons. The maximum Gasteiger partial charge on any atom is 0.104 e. The highest BCUT2D eigenvalue weighted by molar-refractivity contribution is 9.24. The van der Waals surface area contributed by atoms with Crippen LogP contribution in [0.25, 0.3) is 0 Å². The van der Waals surface area contributed by atoms with Crippen molar-refractivity contribution in [1.82, 2.24) is 0 Å². The monoisotopic (exact) mass is 288 g/mol. The van der Waals surface area contributed by atoms with Crippen LogP contribution in [0.3, 0.4) is 0 Å². The average molecular weight is 290 g/mol. The summed E-state index contributed by atoms with van der Waals surface area (Å²) in [5.74, 6) is 0. The van der Waals surface area contributed by atoms with E-state index in [0.717, 1.165) is 4.34 Å². The van der Waals surface area contributed by atoms with Gasteiger partial charge in [-0.2, -0.15) is 0 Å². The average Bonchev–Trinajstić information content (AvgIpc) is 2.14. The van der Waals surface area contributed by atoms with Crippen molar-refractivity contribution in [3.63, 3.8) is 0 Å². The standard InChI is InChI=1S/C5H3Br2ClS/c6-5(7)3-1-2-4(8)9-3/h1-2,5H. The molecule has 0 atom stereocenters. The lowest BCUT2D eigenvalue weighted by Gasteiger charge is -1.91. The van der Waals surface area contributed by atoms with E-state index < -0.39 is 0 Å². The highest BCUT2D eigenvalue weighted by Gasteiger charge is 2.03. The van der Waals surface area contributed by atoms with Crippen molar-refractivity contribution in [3.8, 4) is 0 Å². The van der Waals surface area contributed by atoms with E-state index in [1.807, 2.05) is 12.1 Å². The summed E-state index contributed by atoms with van der Waals surface area (Å²) in [5, 5.41) is 0. The van der Waals surface area contributed by atoms with Crippen LogP contribution in [-0.2, 0) is 0 Å². The van der Waals surface area contributed by atoms with Crippen molar-refractivity contribution in [2.75, 3.05) is 0 Å². The zero-order chi connectivity index (χ0) is 6.85. The van der Waals surface area contributed by atoms with E-state index in [9.17, 15) is 0 Å². The minimum absolute atomic E-state index is 0.238. The summed E-state index contributed by atoms with van der Waals surface area (Å²) < 4.78 is 1.07. The molecule has 1 rings (SSSR count). The third kappa shape index (κ3) is 2.22. The third-order valence-corrected chi connectivity index (χ3v) is 3.70. The molecule has 0 aliphatic heterocycles. The first-order valence-corrected chi connectivity index (χ1v) is 5.26. The quantitative estimate of drug-likeness (QED) is 0.680. The van der Waals surface area contributed by atoms with Gasteiger partial charge in [0.25, 0.3) is 0 Å². The van der Waals surface area contributed by atoms with E-state index in [1.54, 1.807) is 11.3 Å². The number of halogens is 3. The Labute approximate surface area is 79.5 Å². The van der Waals surface area contributed by atoms with Gasteiger partial charge in [-0.05, 0) is 12.1 Å². The Morgan fingerprint density at radius 2 is 2.11 bits per heavy atom. The lowest BCUT2D eigenvalue weighted by Crippen LogP contribution is -1.65. The normalized spacial score (nSPS) is 10.7. The first-order chi connectivity index (χ1) is 4.20. The van der Waals surface area contributed by atoms with Gasteiger partial charge in [-0.25, -0.2) is 0 Å². The van der Waals surface area contributed by atoms with Gasteiger partial charge in [0.1, 0.15) is 3.74 Å². The fourth-order valence-corrected chi connectivity index (χ4v) is 2.23. The predicted molar refractivity (Wildman–Crippen MR) is 49.9 cm³/mol. The van der Waals surface area contributed by atoms with Gasteiger partial charge >= 0.3 is 0 Å². The lowest BCUT2D eigenvalue weighted by molar-refractivity contribution is 1.56. The molecule has 0 saturated carbocycles. The molecular weight excluding hydrogens is 287 g/mol. The Bertz CT molecular complexity index is 197. The van der Waals surface area contributed by atoms with E-state index >= 15 is 0 Å². The van der Waals surface area contributed by atoms with Crippen LogP contribution in [-0.4, -0.2) is 0 Å². The molecule has 9 heavy (non-hydrogen) atoms. The van der Waals surface area contributed by atoms with Gasteiger partial charge in [-0.1, -0.05) is 43.5 Å². The summed E-state index contributed by atoms with van der Waals surface area (Å²) in [6, 6.07) is 3.87. The summed E-state index contributed by atoms with van der Waals surface area (Å²) in [4.78, 5) is 1.19. The Morgan fingerprint density at radius 3 is 2.33 bits per heavy atom. The molecule has 0 spiro atoms. The van der Waals surface area contributed by atoms with Crippen LogP contribution in [0.5, 0.6) is 0 Å². The van der Waals surface area contributed by atoms with Crippen LogP contribution in [0.4, 0.5) is 0 Å². The van der Waals surface area contributed by atoms with Crippen LogP contribution in [0.2, 0.25) is 4.34 Å². The van der Waals surface area contributed by atoms with Crippen molar-refractivity contribution < 1.29 is 0 Å². The van der Waals surface area contributed by atoms with E-state index in [0.29, 0.717) is 0 Å². The maximum absolute atomic E-state index is 5.68. The molecule has 4 heteroatoms. The van der Waals surface area contributed by atoms with Gasteiger partial charge in [-0.15, -0.1) is 11.3 Å². The second-order valence-corrected chi connectivity index (χ2v) is 6.25. The lowest BCUT2D eigenvalue weighted by atomic mass is 10.5. The molecule has 1 aromatic heterocycles. The molecule has 0 N–H and O–H groups in total.